The maximum Gasteiger partial charge on any atom is 0.435 e. The van der Waals surface area contributed by atoms with E-state index in [1.54, 1.807) is 6.92 Å². The molecule has 3 aromatic rings. The van der Waals surface area contributed by atoms with Gasteiger partial charge in [-0.1, -0.05) is 6.92 Å². The lowest BCUT2D eigenvalue weighted by Gasteiger charge is -2.12. The van der Waals surface area contributed by atoms with Gasteiger partial charge in [0, 0.05) is 6.07 Å². The van der Waals surface area contributed by atoms with Gasteiger partial charge in [-0.2, -0.15) is 18.3 Å². The number of carbonyl (C=O) groups excluding carboxylic acids is 1. The molecule has 0 saturated heterocycles. The summed E-state index contributed by atoms with van der Waals surface area (Å²) in [7, 11) is -3.91. The van der Waals surface area contributed by atoms with Gasteiger partial charge in [-0.05, 0) is 18.6 Å². The zero-order chi connectivity index (χ0) is 23.0. The number of amides is 1. The number of hydrogen-bond acceptors (Lipinski definition) is 5. The predicted octanol–water partition coefficient (Wildman–Crippen LogP) is 3.43. The van der Waals surface area contributed by atoms with Crippen LogP contribution in [0.15, 0.2) is 30.6 Å². The molecule has 0 fully saturated rings. The fourth-order valence-corrected chi connectivity index (χ4v) is 3.73. The first-order valence-electron chi connectivity index (χ1n) is 8.63. The first-order chi connectivity index (χ1) is 14.4. The average molecular weight is 463 g/mol. The van der Waals surface area contributed by atoms with Gasteiger partial charge in [0.05, 0.1) is 29.5 Å². The van der Waals surface area contributed by atoms with Crippen LogP contribution in [-0.2, 0) is 16.2 Å². The zero-order valence-corrected chi connectivity index (χ0v) is 16.5. The molecule has 14 heteroatoms. The van der Waals surface area contributed by atoms with E-state index < -0.39 is 50.7 Å². The fraction of sp³-hybridized carbons (Fsp3) is 0.235. The number of sulfonamides is 1. The molecule has 3 rings (SSSR count). The molecule has 0 aliphatic heterocycles. The normalized spacial score (nSPS) is 12.2. The number of halogens is 5. The number of carbonyl (C=O) groups is 1. The third kappa shape index (κ3) is 4.90. The number of nitrogens with zero attached hydrogens (tertiary/aromatic N) is 3. The van der Waals surface area contributed by atoms with Crippen LogP contribution in [0.5, 0.6) is 0 Å². The second-order valence-corrected chi connectivity index (χ2v) is 8.17. The molecule has 0 saturated carbocycles. The summed E-state index contributed by atoms with van der Waals surface area (Å²) < 4.78 is 93.4. The largest absolute Gasteiger partial charge is 0.435 e. The van der Waals surface area contributed by atoms with Crippen LogP contribution in [0.25, 0.3) is 5.65 Å². The molecule has 2 N–H and O–H groups in total. The van der Waals surface area contributed by atoms with Crippen LogP contribution in [0.2, 0.25) is 0 Å². The molecule has 0 atom stereocenters. The van der Waals surface area contributed by atoms with Gasteiger partial charge in [0.1, 0.15) is 11.4 Å². The lowest BCUT2D eigenvalue weighted by molar-refractivity contribution is -0.141. The first kappa shape index (κ1) is 22.4. The van der Waals surface area contributed by atoms with E-state index in [0.29, 0.717) is 12.1 Å². The Kier molecular flexibility index (Phi) is 5.85. The molecule has 0 aliphatic rings. The third-order valence-corrected chi connectivity index (χ3v) is 5.39. The molecule has 1 aromatic carbocycles. The minimum atomic E-state index is -4.71. The number of rotatable bonds is 6. The maximum absolute atomic E-state index is 14.7. The summed E-state index contributed by atoms with van der Waals surface area (Å²) in [5.41, 5.74) is -3.31. The summed E-state index contributed by atoms with van der Waals surface area (Å²) in [6, 6.07) is 2.20. The van der Waals surface area contributed by atoms with E-state index in [9.17, 15) is 35.2 Å². The molecule has 31 heavy (non-hydrogen) atoms. The van der Waals surface area contributed by atoms with Crippen LogP contribution >= 0.6 is 0 Å². The van der Waals surface area contributed by atoms with Crippen molar-refractivity contribution in [1.82, 2.24) is 14.6 Å². The monoisotopic (exact) mass is 463 g/mol. The lowest BCUT2D eigenvalue weighted by Crippen LogP contribution is -2.20. The van der Waals surface area contributed by atoms with Gasteiger partial charge >= 0.3 is 6.18 Å². The number of aromatic nitrogens is 3. The Hall–Kier alpha value is -3.29. The Bertz CT molecular complexity index is 1260. The van der Waals surface area contributed by atoms with Crippen LogP contribution in [0.1, 0.15) is 29.4 Å². The van der Waals surface area contributed by atoms with Crippen molar-refractivity contribution < 1.29 is 35.2 Å². The molecule has 0 aliphatic carbocycles. The average Bonchev–Trinajstić information content (AvgIpc) is 3.08. The minimum absolute atomic E-state index is 0.171. The van der Waals surface area contributed by atoms with E-state index >= 15 is 0 Å². The van der Waals surface area contributed by atoms with Crippen LogP contribution in [0, 0.1) is 11.6 Å². The van der Waals surface area contributed by atoms with Gasteiger partial charge in [0.15, 0.2) is 17.2 Å². The number of nitrogens with one attached hydrogen (secondary N) is 2. The smallest absolute Gasteiger partial charge is 0.319 e. The molecule has 0 radical (unpaired) electrons. The molecular weight excluding hydrogens is 449 g/mol. The summed E-state index contributed by atoms with van der Waals surface area (Å²) in [5.74, 6) is -4.36. The van der Waals surface area contributed by atoms with Crippen molar-refractivity contribution in [3.05, 3.63) is 53.5 Å². The molecular formula is C17H14F5N5O3S. The van der Waals surface area contributed by atoms with E-state index in [1.165, 1.54) is 0 Å². The van der Waals surface area contributed by atoms with Crippen molar-refractivity contribution in [2.75, 3.05) is 15.8 Å². The predicted molar refractivity (Wildman–Crippen MR) is 100 cm³/mol. The second-order valence-electron chi connectivity index (χ2n) is 6.33. The van der Waals surface area contributed by atoms with E-state index in [0.717, 1.165) is 23.0 Å². The number of anilines is 2. The van der Waals surface area contributed by atoms with E-state index in [2.05, 4.69) is 15.4 Å². The Morgan fingerprint density at radius 3 is 2.58 bits per heavy atom. The Morgan fingerprint density at radius 1 is 1.23 bits per heavy atom. The van der Waals surface area contributed by atoms with Crippen LogP contribution in [0.4, 0.5) is 33.3 Å². The highest BCUT2D eigenvalue weighted by Gasteiger charge is 2.34. The maximum atomic E-state index is 14.7. The van der Waals surface area contributed by atoms with Crippen molar-refractivity contribution >= 4 is 33.0 Å². The Balaban J connectivity index is 1.90. The van der Waals surface area contributed by atoms with Crippen molar-refractivity contribution in [1.29, 1.82) is 0 Å². The molecule has 0 spiro atoms. The highest BCUT2D eigenvalue weighted by Crippen LogP contribution is 2.29. The van der Waals surface area contributed by atoms with Gasteiger partial charge in [-0.15, -0.1) is 0 Å². The van der Waals surface area contributed by atoms with Crippen molar-refractivity contribution in [3.63, 3.8) is 0 Å². The molecule has 1 amide bonds. The van der Waals surface area contributed by atoms with E-state index in [4.69, 9.17) is 0 Å². The molecule has 0 unspecified atom stereocenters. The summed E-state index contributed by atoms with van der Waals surface area (Å²) in [6.07, 6.45) is -2.53. The molecule has 0 bridgehead atoms. The molecule has 2 heterocycles. The molecule has 8 nitrogen and oxygen atoms in total. The third-order valence-electron chi connectivity index (χ3n) is 3.92. The highest BCUT2D eigenvalue weighted by atomic mass is 32.2. The summed E-state index contributed by atoms with van der Waals surface area (Å²) in [4.78, 5) is 16.1. The topological polar surface area (TPSA) is 105 Å². The zero-order valence-electron chi connectivity index (χ0n) is 15.7. The van der Waals surface area contributed by atoms with E-state index in [1.807, 2.05) is 4.72 Å². The van der Waals surface area contributed by atoms with Crippen molar-refractivity contribution in [2.45, 2.75) is 19.5 Å². The fourth-order valence-electron chi connectivity index (χ4n) is 2.60. The van der Waals surface area contributed by atoms with Crippen LogP contribution < -0.4 is 10.0 Å². The Labute approximate surface area is 172 Å². The van der Waals surface area contributed by atoms with Crippen molar-refractivity contribution in [2.24, 2.45) is 0 Å². The summed E-state index contributed by atoms with van der Waals surface area (Å²) in [5, 5.41) is 5.38. The second kappa shape index (κ2) is 8.09. The highest BCUT2D eigenvalue weighted by molar-refractivity contribution is 7.92. The quantitative estimate of drug-likeness (QED) is 0.545. The Morgan fingerprint density at radius 2 is 1.94 bits per heavy atom. The first-order valence-corrected chi connectivity index (χ1v) is 10.3. The van der Waals surface area contributed by atoms with Crippen molar-refractivity contribution in [3.8, 4) is 0 Å². The summed E-state index contributed by atoms with van der Waals surface area (Å²) in [6.45, 7) is 1.58. The summed E-state index contributed by atoms with van der Waals surface area (Å²) >= 11 is 0. The van der Waals surface area contributed by atoms with E-state index in [-0.39, 0.29) is 23.5 Å². The van der Waals surface area contributed by atoms with Gasteiger partial charge in [-0.25, -0.2) is 26.7 Å². The number of fused-ring (bicyclic) bond motifs is 1. The van der Waals surface area contributed by atoms with Gasteiger partial charge in [0.25, 0.3) is 5.91 Å². The van der Waals surface area contributed by atoms with Crippen LogP contribution in [-0.4, -0.2) is 34.7 Å². The number of alkyl halides is 3. The van der Waals surface area contributed by atoms with Gasteiger partial charge in [0.2, 0.25) is 10.0 Å². The minimum Gasteiger partial charge on any atom is -0.319 e. The number of benzene rings is 1. The SMILES string of the molecule is CCCS(=O)(=O)Nc1ccc(F)c(C(=O)Nc2cnc3cc(C(F)(F)F)nn3c2)c1F. The number of hydrogen-bond donors (Lipinski definition) is 2. The molecule has 166 valence electrons. The van der Waals surface area contributed by atoms with Crippen LogP contribution in [0.3, 0.4) is 0 Å². The standard InChI is InChI=1S/C17H14F5N5O3S/c1-2-5-31(29,30)26-11-4-3-10(18)14(15(11)19)16(28)24-9-7-23-13-6-12(17(20,21)22)25-27(13)8-9/h3-4,6-8,26H,2,5H2,1H3,(H,24,28). The lowest BCUT2D eigenvalue weighted by atomic mass is 10.1. The van der Waals surface area contributed by atoms with Gasteiger partial charge in [-0.3, -0.25) is 9.52 Å². The van der Waals surface area contributed by atoms with Gasteiger partial charge < -0.3 is 5.32 Å². The molecule has 2 aromatic heterocycles.